The minimum absolute atomic E-state index is 0.0149. The first-order valence-electron chi connectivity index (χ1n) is 11.1. The van der Waals surface area contributed by atoms with E-state index in [4.69, 9.17) is 4.74 Å². The van der Waals surface area contributed by atoms with Crippen LogP contribution in [0.15, 0.2) is 29.8 Å². The van der Waals surface area contributed by atoms with Gasteiger partial charge >= 0.3 is 0 Å². The van der Waals surface area contributed by atoms with E-state index in [-0.39, 0.29) is 24.5 Å². The van der Waals surface area contributed by atoms with Gasteiger partial charge in [0.05, 0.1) is 13.2 Å². The molecule has 0 spiro atoms. The molecule has 0 aromatic heterocycles. The molecule has 7 heteroatoms. The first-order chi connectivity index (χ1) is 14.5. The molecule has 31 heavy (non-hydrogen) atoms. The molecule has 0 bridgehead atoms. The lowest BCUT2D eigenvalue weighted by Gasteiger charge is -2.53. The number of hydrogen-bond donors (Lipinski definition) is 2. The van der Waals surface area contributed by atoms with Crippen LogP contribution in [0.1, 0.15) is 83.3 Å². The Balaban J connectivity index is 1.76. The highest BCUT2D eigenvalue weighted by molar-refractivity contribution is 5.48. The first kappa shape index (κ1) is 23.5. The maximum absolute atomic E-state index is 11.5. The van der Waals surface area contributed by atoms with E-state index in [1.54, 1.807) is 0 Å². The maximum Gasteiger partial charge on any atom is 0.294 e. The van der Waals surface area contributed by atoms with E-state index in [0.29, 0.717) is 19.3 Å². The smallest absolute Gasteiger partial charge is 0.294 e. The number of ether oxygens (including phenoxy) is 1. The van der Waals surface area contributed by atoms with Crippen LogP contribution in [-0.2, 0) is 10.3 Å². The molecule has 7 nitrogen and oxygen atoms in total. The fraction of sp³-hybridized carbons (Fsp3) is 0.667. The van der Waals surface area contributed by atoms with Crippen LogP contribution in [0.25, 0.3) is 0 Å². The molecule has 1 aliphatic heterocycles. The molecule has 1 heterocycles. The number of benzene rings is 1. The van der Waals surface area contributed by atoms with Crippen molar-refractivity contribution in [3.05, 3.63) is 51.1 Å². The summed E-state index contributed by atoms with van der Waals surface area (Å²) in [7, 11) is 0. The summed E-state index contributed by atoms with van der Waals surface area (Å²) >= 11 is 0. The third kappa shape index (κ3) is 4.72. The highest BCUT2D eigenvalue weighted by Gasteiger charge is 2.56. The fourth-order valence-corrected chi connectivity index (χ4v) is 4.94. The van der Waals surface area contributed by atoms with E-state index in [1.807, 2.05) is 19.9 Å². The van der Waals surface area contributed by atoms with Gasteiger partial charge in [0.1, 0.15) is 17.0 Å². The van der Waals surface area contributed by atoms with Crippen LogP contribution >= 0.6 is 0 Å². The van der Waals surface area contributed by atoms with Crippen molar-refractivity contribution in [1.82, 2.24) is 0 Å². The second-order valence-electron chi connectivity index (χ2n) is 10.0. The van der Waals surface area contributed by atoms with E-state index < -0.39 is 16.3 Å². The van der Waals surface area contributed by atoms with Crippen molar-refractivity contribution in [2.24, 2.45) is 0 Å². The van der Waals surface area contributed by atoms with Crippen molar-refractivity contribution in [2.45, 2.75) is 88.8 Å². The Morgan fingerprint density at radius 2 is 2.03 bits per heavy atom. The molecule has 1 aromatic carbocycles. The largest absolute Gasteiger partial charge is 0.485 e. The van der Waals surface area contributed by atoms with E-state index in [0.717, 1.165) is 36.1 Å². The molecule has 0 saturated heterocycles. The van der Waals surface area contributed by atoms with Crippen LogP contribution in [0, 0.1) is 10.1 Å². The molecule has 0 saturated carbocycles. The first-order valence-corrected chi connectivity index (χ1v) is 11.1. The summed E-state index contributed by atoms with van der Waals surface area (Å²) in [5, 5.41) is 30.6. The molecule has 0 fully saturated rings. The monoisotopic (exact) mass is 433 g/mol. The molecule has 0 unspecified atom stereocenters. The van der Waals surface area contributed by atoms with Crippen molar-refractivity contribution < 1.29 is 24.9 Å². The number of aliphatic hydroxyl groups excluding tert-OH is 1. The Bertz CT molecular complexity index is 846. The summed E-state index contributed by atoms with van der Waals surface area (Å²) in [6.07, 6.45) is 6.47. The summed E-state index contributed by atoms with van der Waals surface area (Å²) in [5.74, 6) is 0.695. The van der Waals surface area contributed by atoms with Gasteiger partial charge in [-0.3, -0.25) is 0 Å². The lowest BCUT2D eigenvalue weighted by molar-refractivity contribution is -0.757. The molecular formula is C24H35NO6. The zero-order valence-corrected chi connectivity index (χ0v) is 19.0. The quantitative estimate of drug-likeness (QED) is 0.258. The maximum atomic E-state index is 11.5. The van der Waals surface area contributed by atoms with Crippen molar-refractivity contribution >= 4 is 0 Å². The summed E-state index contributed by atoms with van der Waals surface area (Å²) < 4.78 is 6.35. The van der Waals surface area contributed by atoms with E-state index >= 15 is 0 Å². The molecule has 0 amide bonds. The van der Waals surface area contributed by atoms with Gasteiger partial charge in [-0.05, 0) is 62.1 Å². The lowest BCUT2D eigenvalue weighted by atomic mass is 9.63. The third-order valence-corrected chi connectivity index (χ3v) is 7.17. The number of hydrogen-bond acceptors (Lipinski definition) is 6. The summed E-state index contributed by atoms with van der Waals surface area (Å²) in [5.41, 5.74) is 1.29. The molecule has 3 rings (SSSR count). The second-order valence-corrected chi connectivity index (χ2v) is 10.0. The number of unbranched alkanes of at least 4 members (excludes halogenated alkanes) is 2. The van der Waals surface area contributed by atoms with Crippen molar-refractivity contribution in [2.75, 3.05) is 13.2 Å². The number of nitrogens with zero attached hydrogens (tertiary/aromatic N) is 1. The molecule has 2 aliphatic rings. The molecule has 1 aromatic rings. The average Bonchev–Trinajstić information content (AvgIpc) is 2.70. The van der Waals surface area contributed by atoms with Crippen LogP contribution in [0.2, 0.25) is 0 Å². The number of aliphatic hydroxyl groups is 2. The Kier molecular flexibility index (Phi) is 6.67. The standard InChI is InChI=1S/C24H35NO6/c1-22(2,11-6-5-7-13-30-25(28)29)18-8-9-19-20-14-17(16-26)10-12-24(20,27)23(3,4)31-21(19)15-18/h8-10,15,20,26-27H,5-7,11-14,16H2,1-4H3/t20-,24-/m1/s1. The molecule has 172 valence electrons. The number of rotatable bonds is 9. The van der Waals surface area contributed by atoms with Crippen molar-refractivity contribution in [3.8, 4) is 5.75 Å². The Hall–Kier alpha value is -2.12. The SMILES string of the molecule is CC(C)(CCCCCO[N+](=O)[O-])c1ccc2c(c1)OC(C)(C)[C@@]1(O)CC=C(CO)C[C@H]21. The minimum Gasteiger partial charge on any atom is -0.485 e. The van der Waals surface area contributed by atoms with Gasteiger partial charge in [-0.2, -0.15) is 0 Å². The van der Waals surface area contributed by atoms with Gasteiger partial charge in [0.25, 0.3) is 5.09 Å². The summed E-state index contributed by atoms with van der Waals surface area (Å²) in [6.45, 7) is 8.42. The van der Waals surface area contributed by atoms with Gasteiger partial charge in [-0.25, -0.2) is 0 Å². The summed E-state index contributed by atoms with van der Waals surface area (Å²) in [6, 6.07) is 6.29. The normalized spacial score (nSPS) is 24.5. The van der Waals surface area contributed by atoms with Crippen molar-refractivity contribution in [3.63, 3.8) is 0 Å². The van der Waals surface area contributed by atoms with E-state index in [1.165, 1.54) is 5.56 Å². The zero-order valence-electron chi connectivity index (χ0n) is 19.0. The third-order valence-electron chi connectivity index (χ3n) is 7.17. The highest BCUT2D eigenvalue weighted by atomic mass is 16.9. The fourth-order valence-electron chi connectivity index (χ4n) is 4.94. The average molecular weight is 434 g/mol. The van der Waals surface area contributed by atoms with Crippen LogP contribution in [0.5, 0.6) is 5.75 Å². The molecule has 2 N–H and O–H groups in total. The van der Waals surface area contributed by atoms with Crippen LogP contribution < -0.4 is 4.74 Å². The van der Waals surface area contributed by atoms with Crippen LogP contribution in [0.4, 0.5) is 0 Å². The van der Waals surface area contributed by atoms with Gasteiger partial charge in [-0.1, -0.05) is 44.9 Å². The topological polar surface area (TPSA) is 102 Å². The highest BCUT2D eigenvalue weighted by Crippen LogP contribution is 2.54. The van der Waals surface area contributed by atoms with Crippen molar-refractivity contribution in [1.29, 1.82) is 0 Å². The zero-order chi connectivity index (χ0) is 22.9. The number of fused-ring (bicyclic) bond motifs is 3. The summed E-state index contributed by atoms with van der Waals surface area (Å²) in [4.78, 5) is 14.6. The van der Waals surface area contributed by atoms with Gasteiger partial charge in [-0.15, -0.1) is 10.1 Å². The Morgan fingerprint density at radius 3 is 2.71 bits per heavy atom. The van der Waals surface area contributed by atoms with Crippen LogP contribution in [0.3, 0.4) is 0 Å². The van der Waals surface area contributed by atoms with E-state index in [9.17, 15) is 20.3 Å². The lowest BCUT2D eigenvalue weighted by Crippen LogP contribution is -2.60. The molecule has 0 radical (unpaired) electrons. The minimum atomic E-state index is -1.01. The molecular weight excluding hydrogens is 398 g/mol. The molecule has 1 aliphatic carbocycles. The second kappa shape index (κ2) is 8.79. The predicted octanol–water partition coefficient (Wildman–Crippen LogP) is 4.43. The Labute approximate surface area is 184 Å². The predicted molar refractivity (Wildman–Crippen MR) is 118 cm³/mol. The van der Waals surface area contributed by atoms with Gasteiger partial charge < -0.3 is 19.8 Å². The van der Waals surface area contributed by atoms with Gasteiger partial charge in [0.15, 0.2) is 0 Å². The Morgan fingerprint density at radius 1 is 1.29 bits per heavy atom. The van der Waals surface area contributed by atoms with Gasteiger partial charge in [0.2, 0.25) is 0 Å². The molecule has 2 atom stereocenters. The van der Waals surface area contributed by atoms with E-state index in [2.05, 4.69) is 36.9 Å². The van der Waals surface area contributed by atoms with Crippen LogP contribution in [-0.4, -0.2) is 39.7 Å². The van der Waals surface area contributed by atoms with Gasteiger partial charge in [0, 0.05) is 11.5 Å².